The first-order valence-electron chi connectivity index (χ1n) is 8.58. The van der Waals surface area contributed by atoms with E-state index in [2.05, 4.69) is 31.9 Å². The number of hydrogen-bond acceptors (Lipinski definition) is 3. The number of phenols is 1. The lowest BCUT2D eigenvalue weighted by molar-refractivity contribution is 0.0998. The molecule has 27 heavy (non-hydrogen) atoms. The summed E-state index contributed by atoms with van der Waals surface area (Å²) in [5.41, 5.74) is 3.96. The predicted molar refractivity (Wildman–Crippen MR) is 115 cm³/mol. The Hall–Kier alpha value is -1.72. The minimum absolute atomic E-state index is 0.143. The van der Waals surface area contributed by atoms with E-state index in [0.717, 1.165) is 11.1 Å². The van der Waals surface area contributed by atoms with Crippen molar-refractivity contribution in [2.24, 2.45) is 0 Å². The number of carbonyl (C=O) groups excluding carboxylic acids is 2. The summed E-state index contributed by atoms with van der Waals surface area (Å²) in [4.78, 5) is 26.3. The van der Waals surface area contributed by atoms with Crippen molar-refractivity contribution in [1.82, 2.24) is 0 Å². The number of aryl methyl sites for hydroxylation is 1. The Kier molecular flexibility index (Phi) is 4.98. The maximum Gasteiger partial charge on any atom is 0.201 e. The van der Waals surface area contributed by atoms with Gasteiger partial charge in [0.05, 0.1) is 8.96 Å². The van der Waals surface area contributed by atoms with Gasteiger partial charge in [-0.15, -0.1) is 0 Å². The molecule has 1 aliphatic carbocycles. The summed E-state index contributed by atoms with van der Waals surface area (Å²) in [6.45, 7) is 9.73. The molecule has 0 saturated carbocycles. The second-order valence-corrected chi connectivity index (χ2v) is 9.53. The zero-order valence-electron chi connectivity index (χ0n) is 15.8. The Labute approximate surface area is 175 Å². The molecule has 0 atom stereocenters. The van der Waals surface area contributed by atoms with Gasteiger partial charge in [-0.3, -0.25) is 9.59 Å². The van der Waals surface area contributed by atoms with E-state index >= 15 is 0 Å². The molecule has 1 aliphatic rings. The number of benzene rings is 2. The Balaban J connectivity index is 2.29. The van der Waals surface area contributed by atoms with E-state index in [9.17, 15) is 14.7 Å². The molecular formula is C22H20Br2O3. The third-order valence-corrected chi connectivity index (χ3v) is 6.37. The molecule has 1 N–H and O–H groups in total. The number of fused-ring (bicyclic) bond motifs is 1. The first-order valence-corrected chi connectivity index (χ1v) is 10.2. The highest BCUT2D eigenvalue weighted by molar-refractivity contribution is 9.12. The van der Waals surface area contributed by atoms with Gasteiger partial charge in [-0.1, -0.05) is 32.9 Å². The normalized spacial score (nSPS) is 14.6. The maximum absolute atomic E-state index is 13.3. The number of aromatic hydroxyl groups is 1. The van der Waals surface area contributed by atoms with Crippen molar-refractivity contribution in [3.63, 3.8) is 0 Å². The molecule has 0 radical (unpaired) electrons. The minimum atomic E-state index is -0.330. The standard InChI is InChI=1S/C22H20Br2O3/c1-10-6-7-13-16(11(10)2)21(27)18(24)17(19(13)25)12-8-14(22(3,4)5)20(26)15(23)9-12/h6-9,26H,1-5H3. The summed E-state index contributed by atoms with van der Waals surface area (Å²) in [6, 6.07) is 7.05. The van der Waals surface area contributed by atoms with Crippen molar-refractivity contribution >= 4 is 49.0 Å². The van der Waals surface area contributed by atoms with Crippen LogP contribution >= 0.6 is 31.9 Å². The van der Waals surface area contributed by atoms with E-state index < -0.39 is 0 Å². The topological polar surface area (TPSA) is 54.4 Å². The summed E-state index contributed by atoms with van der Waals surface area (Å²) in [5, 5.41) is 10.4. The molecule has 0 aliphatic heterocycles. The van der Waals surface area contributed by atoms with Gasteiger partial charge in [0.15, 0.2) is 5.78 Å². The summed E-state index contributed by atoms with van der Waals surface area (Å²) in [5.74, 6) is -0.247. The Morgan fingerprint density at radius 2 is 1.59 bits per heavy atom. The highest BCUT2D eigenvalue weighted by Crippen LogP contribution is 2.42. The Bertz CT molecular complexity index is 1040. The summed E-state index contributed by atoms with van der Waals surface area (Å²) in [6.07, 6.45) is 0. The molecule has 0 amide bonds. The monoisotopic (exact) mass is 490 g/mol. The Morgan fingerprint density at radius 1 is 0.963 bits per heavy atom. The molecule has 2 aromatic rings. The van der Waals surface area contributed by atoms with Gasteiger partial charge in [0.1, 0.15) is 5.75 Å². The first-order chi connectivity index (χ1) is 12.4. The lowest BCUT2D eigenvalue weighted by Crippen LogP contribution is -2.21. The van der Waals surface area contributed by atoms with E-state index in [1.807, 2.05) is 40.7 Å². The van der Waals surface area contributed by atoms with Crippen LogP contribution in [0.15, 0.2) is 33.2 Å². The van der Waals surface area contributed by atoms with Gasteiger partial charge in [-0.25, -0.2) is 0 Å². The van der Waals surface area contributed by atoms with Crippen LogP contribution in [-0.4, -0.2) is 16.7 Å². The van der Waals surface area contributed by atoms with Crippen molar-refractivity contribution in [3.05, 3.63) is 66.6 Å². The molecule has 3 rings (SSSR count). The van der Waals surface area contributed by atoms with E-state index in [4.69, 9.17) is 0 Å². The van der Waals surface area contributed by atoms with Gasteiger partial charge in [0.2, 0.25) is 5.78 Å². The molecule has 0 heterocycles. The average molecular weight is 492 g/mol. The second-order valence-electron chi connectivity index (χ2n) is 7.88. The molecule has 140 valence electrons. The summed E-state index contributed by atoms with van der Waals surface area (Å²) in [7, 11) is 0. The van der Waals surface area contributed by atoms with E-state index in [1.165, 1.54) is 0 Å². The van der Waals surface area contributed by atoms with Crippen LogP contribution in [0.2, 0.25) is 0 Å². The number of rotatable bonds is 1. The Morgan fingerprint density at radius 3 is 2.19 bits per heavy atom. The van der Waals surface area contributed by atoms with Crippen LogP contribution in [-0.2, 0) is 5.41 Å². The van der Waals surface area contributed by atoms with Crippen LogP contribution in [0.3, 0.4) is 0 Å². The molecule has 0 spiro atoms. The molecule has 0 saturated heterocycles. The molecule has 0 unspecified atom stereocenters. The van der Waals surface area contributed by atoms with Crippen LogP contribution in [0, 0.1) is 13.8 Å². The quantitative estimate of drug-likeness (QED) is 0.512. The first kappa shape index (κ1) is 20.0. The van der Waals surface area contributed by atoms with Crippen LogP contribution in [0.5, 0.6) is 5.75 Å². The smallest absolute Gasteiger partial charge is 0.201 e. The molecule has 2 aromatic carbocycles. The van der Waals surface area contributed by atoms with Gasteiger partial charge in [-0.2, -0.15) is 0 Å². The van der Waals surface area contributed by atoms with Crippen molar-refractivity contribution < 1.29 is 14.7 Å². The number of allylic oxidation sites excluding steroid dienone is 2. The zero-order valence-corrected chi connectivity index (χ0v) is 19.0. The van der Waals surface area contributed by atoms with Crippen molar-refractivity contribution in [2.45, 2.75) is 40.0 Å². The zero-order chi connectivity index (χ0) is 20.3. The van der Waals surface area contributed by atoms with E-state index in [-0.39, 0.29) is 27.2 Å². The average Bonchev–Trinajstić information content (AvgIpc) is 2.57. The largest absolute Gasteiger partial charge is 0.506 e. The van der Waals surface area contributed by atoms with Gasteiger partial charge in [-0.05, 0) is 79.9 Å². The van der Waals surface area contributed by atoms with Crippen molar-refractivity contribution in [1.29, 1.82) is 0 Å². The third-order valence-electron chi connectivity index (χ3n) is 5.01. The van der Waals surface area contributed by atoms with Crippen LogP contribution in [0.4, 0.5) is 0 Å². The van der Waals surface area contributed by atoms with Crippen molar-refractivity contribution in [3.8, 4) is 5.75 Å². The number of phenolic OH excluding ortho intramolecular Hbond substituents is 1. The lowest BCUT2D eigenvalue weighted by atomic mass is 9.80. The number of halogens is 2. The fourth-order valence-corrected chi connectivity index (χ4v) is 4.40. The number of ketones is 2. The van der Waals surface area contributed by atoms with Gasteiger partial charge < -0.3 is 5.11 Å². The fraction of sp³-hybridized carbons (Fsp3) is 0.273. The van der Waals surface area contributed by atoms with Crippen molar-refractivity contribution in [2.75, 3.05) is 0 Å². The summed E-state index contributed by atoms with van der Waals surface area (Å²) >= 11 is 6.76. The molecule has 5 heteroatoms. The maximum atomic E-state index is 13.3. The second kappa shape index (κ2) is 6.71. The van der Waals surface area contributed by atoms with Gasteiger partial charge in [0, 0.05) is 22.3 Å². The predicted octanol–water partition coefficient (Wildman–Crippen LogP) is 6.25. The molecule has 0 aromatic heterocycles. The molecule has 0 bridgehead atoms. The van der Waals surface area contributed by atoms with Gasteiger partial charge >= 0.3 is 0 Å². The SMILES string of the molecule is Cc1ccc2c(c1C)C(=O)C(Br)=C(c1cc(Br)c(O)c(C(C)(C)C)c1)C2=O. The lowest BCUT2D eigenvalue weighted by Gasteiger charge is -2.25. The van der Waals surface area contributed by atoms with Crippen LogP contribution in [0.1, 0.15) is 63.7 Å². The highest BCUT2D eigenvalue weighted by Gasteiger charge is 2.34. The molecule has 0 fully saturated rings. The number of hydrogen-bond donors (Lipinski definition) is 1. The minimum Gasteiger partial charge on any atom is -0.506 e. The van der Waals surface area contributed by atoms with E-state index in [1.54, 1.807) is 18.2 Å². The molecular weight excluding hydrogens is 472 g/mol. The summed E-state index contributed by atoms with van der Waals surface area (Å²) < 4.78 is 0.745. The third kappa shape index (κ3) is 3.21. The number of carbonyl (C=O) groups is 2. The van der Waals surface area contributed by atoms with Gasteiger partial charge in [0.25, 0.3) is 0 Å². The van der Waals surface area contributed by atoms with Crippen LogP contribution < -0.4 is 0 Å². The molecule has 3 nitrogen and oxygen atoms in total. The highest BCUT2D eigenvalue weighted by atomic mass is 79.9. The van der Waals surface area contributed by atoms with E-state index in [0.29, 0.717) is 32.3 Å². The number of Topliss-reactive ketones (excluding diaryl/α,β-unsaturated/α-hetero) is 2. The fourth-order valence-electron chi connectivity index (χ4n) is 3.33. The van der Waals surface area contributed by atoms with Crippen LogP contribution in [0.25, 0.3) is 5.57 Å².